The van der Waals surface area contributed by atoms with Crippen LogP contribution in [0.5, 0.6) is 0 Å². The molecule has 1 amide bonds. The van der Waals surface area contributed by atoms with E-state index in [4.69, 9.17) is 0 Å². The number of para-hydroxylation sites is 1. The third kappa shape index (κ3) is 2.68. The lowest BCUT2D eigenvalue weighted by molar-refractivity contribution is 0.0990. The molecular weight excluding hydrogens is 325 g/mol. The van der Waals surface area contributed by atoms with Crippen LogP contribution in [0.2, 0.25) is 0 Å². The molecule has 1 aromatic heterocycles. The number of hydrogen-bond donors (Lipinski definition) is 0. The largest absolute Gasteiger partial charge is 0.314 e. The number of fused-ring (bicyclic) bond motifs is 1. The Hall–Kier alpha value is -2.41. The van der Waals surface area contributed by atoms with Gasteiger partial charge in [0.05, 0.1) is 10.2 Å². The number of rotatable bonds is 2. The van der Waals surface area contributed by atoms with Crippen LogP contribution in [0.3, 0.4) is 0 Å². The Bertz CT molecular complexity index is 955. The van der Waals surface area contributed by atoms with Crippen LogP contribution in [0.25, 0.3) is 10.2 Å². The number of thiazole rings is 1. The number of aryl methyl sites for hydroxylation is 1. The van der Waals surface area contributed by atoms with Gasteiger partial charge < -0.3 is 4.57 Å². The standard InChI is InChI=1S/C16H11F3N2OS/c1-2-21-14-11(19)7-4-8-12(14)23-16(21)20-15(22)13-9(17)5-3-6-10(13)18/h3-8H,2H2,1H3. The first kappa shape index (κ1) is 15.5. The molecule has 0 atom stereocenters. The highest BCUT2D eigenvalue weighted by atomic mass is 32.1. The van der Waals surface area contributed by atoms with Crippen LogP contribution in [0.1, 0.15) is 17.3 Å². The average molecular weight is 336 g/mol. The van der Waals surface area contributed by atoms with Crippen LogP contribution in [-0.4, -0.2) is 10.5 Å². The summed E-state index contributed by atoms with van der Waals surface area (Å²) in [6.07, 6.45) is 0. The zero-order valence-corrected chi connectivity index (χ0v) is 12.8. The predicted molar refractivity (Wildman–Crippen MR) is 81.7 cm³/mol. The van der Waals surface area contributed by atoms with Gasteiger partial charge in [-0.05, 0) is 31.2 Å². The predicted octanol–water partition coefficient (Wildman–Crippen LogP) is 3.88. The summed E-state index contributed by atoms with van der Waals surface area (Å²) in [4.78, 5) is 16.1. The van der Waals surface area contributed by atoms with E-state index in [2.05, 4.69) is 4.99 Å². The van der Waals surface area contributed by atoms with Gasteiger partial charge in [0.1, 0.15) is 23.0 Å². The topological polar surface area (TPSA) is 34.4 Å². The molecule has 3 aromatic rings. The Balaban J connectivity index is 2.22. The quantitative estimate of drug-likeness (QED) is 0.699. The lowest BCUT2D eigenvalue weighted by Gasteiger charge is -2.02. The van der Waals surface area contributed by atoms with Crippen molar-refractivity contribution >= 4 is 27.5 Å². The fourth-order valence-corrected chi connectivity index (χ4v) is 3.42. The molecule has 0 aliphatic carbocycles. The third-order valence-corrected chi connectivity index (χ3v) is 4.39. The molecule has 7 heteroatoms. The maximum atomic E-state index is 14.0. The SMILES string of the molecule is CCn1c(=NC(=O)c2c(F)cccc2F)sc2cccc(F)c21. The molecule has 2 aromatic carbocycles. The number of amides is 1. The zero-order chi connectivity index (χ0) is 16.6. The van der Waals surface area contributed by atoms with Crippen LogP contribution in [-0.2, 0) is 6.54 Å². The molecule has 3 rings (SSSR count). The van der Waals surface area contributed by atoms with Crippen molar-refractivity contribution < 1.29 is 18.0 Å². The fraction of sp³-hybridized carbons (Fsp3) is 0.125. The molecule has 0 radical (unpaired) electrons. The molecule has 0 spiro atoms. The van der Waals surface area contributed by atoms with E-state index in [0.717, 1.165) is 23.5 Å². The molecule has 0 N–H and O–H groups in total. The highest BCUT2D eigenvalue weighted by molar-refractivity contribution is 7.16. The van der Waals surface area contributed by atoms with Crippen LogP contribution < -0.4 is 4.80 Å². The normalized spacial score (nSPS) is 12.1. The molecule has 0 unspecified atom stereocenters. The van der Waals surface area contributed by atoms with E-state index in [1.807, 2.05) is 0 Å². The molecule has 0 aliphatic heterocycles. The van der Waals surface area contributed by atoms with Crippen molar-refractivity contribution in [2.24, 2.45) is 4.99 Å². The molecule has 23 heavy (non-hydrogen) atoms. The van der Waals surface area contributed by atoms with Crippen LogP contribution in [0.15, 0.2) is 41.4 Å². The van der Waals surface area contributed by atoms with Gasteiger partial charge in [-0.3, -0.25) is 4.79 Å². The maximum Gasteiger partial charge on any atom is 0.285 e. The van der Waals surface area contributed by atoms with Crippen molar-refractivity contribution in [2.45, 2.75) is 13.5 Å². The number of carbonyl (C=O) groups is 1. The first-order chi connectivity index (χ1) is 11.0. The van der Waals surface area contributed by atoms with Crippen molar-refractivity contribution in [3.05, 3.63) is 64.2 Å². The molecule has 0 saturated carbocycles. The lowest BCUT2D eigenvalue weighted by Crippen LogP contribution is -2.17. The van der Waals surface area contributed by atoms with E-state index in [9.17, 15) is 18.0 Å². The number of aromatic nitrogens is 1. The van der Waals surface area contributed by atoms with Crippen molar-refractivity contribution in [2.75, 3.05) is 0 Å². The Morgan fingerprint density at radius 2 is 1.70 bits per heavy atom. The monoisotopic (exact) mass is 336 g/mol. The van der Waals surface area contributed by atoms with Gasteiger partial charge in [0.2, 0.25) is 0 Å². The van der Waals surface area contributed by atoms with Crippen molar-refractivity contribution in [3.8, 4) is 0 Å². The third-order valence-electron chi connectivity index (χ3n) is 3.34. The Morgan fingerprint density at radius 1 is 1.09 bits per heavy atom. The highest BCUT2D eigenvalue weighted by Crippen LogP contribution is 2.20. The second-order valence-electron chi connectivity index (χ2n) is 4.73. The summed E-state index contributed by atoms with van der Waals surface area (Å²) in [5, 5.41) is 0. The minimum Gasteiger partial charge on any atom is -0.314 e. The van der Waals surface area contributed by atoms with Gasteiger partial charge >= 0.3 is 0 Å². The summed E-state index contributed by atoms with van der Waals surface area (Å²) in [6, 6.07) is 7.71. The van der Waals surface area contributed by atoms with E-state index >= 15 is 0 Å². The van der Waals surface area contributed by atoms with Gasteiger partial charge in [0, 0.05) is 6.54 Å². The summed E-state index contributed by atoms with van der Waals surface area (Å²) in [7, 11) is 0. The van der Waals surface area contributed by atoms with Gasteiger partial charge in [-0.25, -0.2) is 13.2 Å². The van der Waals surface area contributed by atoms with Crippen molar-refractivity contribution in [1.82, 2.24) is 4.57 Å². The second kappa shape index (κ2) is 6.00. The Kier molecular flexibility index (Phi) is 4.04. The summed E-state index contributed by atoms with van der Waals surface area (Å²) in [6.45, 7) is 2.14. The van der Waals surface area contributed by atoms with Gasteiger partial charge in [-0.1, -0.05) is 23.5 Å². The summed E-state index contributed by atoms with van der Waals surface area (Å²) in [5.74, 6) is -3.43. The van der Waals surface area contributed by atoms with E-state index in [-0.39, 0.29) is 4.80 Å². The lowest BCUT2D eigenvalue weighted by atomic mass is 10.2. The molecule has 0 saturated heterocycles. The number of hydrogen-bond acceptors (Lipinski definition) is 2. The smallest absolute Gasteiger partial charge is 0.285 e. The number of nitrogens with zero attached hydrogens (tertiary/aromatic N) is 2. The van der Waals surface area contributed by atoms with Gasteiger partial charge in [0.15, 0.2) is 4.80 Å². The van der Waals surface area contributed by atoms with Crippen molar-refractivity contribution in [3.63, 3.8) is 0 Å². The highest BCUT2D eigenvalue weighted by Gasteiger charge is 2.17. The first-order valence-electron chi connectivity index (χ1n) is 6.84. The zero-order valence-electron chi connectivity index (χ0n) is 12.0. The van der Waals surface area contributed by atoms with Gasteiger partial charge in [-0.15, -0.1) is 0 Å². The van der Waals surface area contributed by atoms with Crippen LogP contribution in [0.4, 0.5) is 13.2 Å². The van der Waals surface area contributed by atoms with Crippen LogP contribution >= 0.6 is 11.3 Å². The average Bonchev–Trinajstić information content (AvgIpc) is 2.85. The minimum atomic E-state index is -1.03. The molecular formula is C16H11F3N2OS. The van der Waals surface area contributed by atoms with Gasteiger partial charge in [-0.2, -0.15) is 4.99 Å². The van der Waals surface area contributed by atoms with E-state index in [0.29, 0.717) is 16.8 Å². The summed E-state index contributed by atoms with van der Waals surface area (Å²) in [5.41, 5.74) is -0.395. The number of benzene rings is 2. The molecule has 3 nitrogen and oxygen atoms in total. The number of carbonyl (C=O) groups excluding carboxylic acids is 1. The van der Waals surface area contributed by atoms with E-state index < -0.39 is 28.9 Å². The Morgan fingerprint density at radius 3 is 2.35 bits per heavy atom. The molecule has 118 valence electrons. The first-order valence-corrected chi connectivity index (χ1v) is 7.65. The van der Waals surface area contributed by atoms with Crippen molar-refractivity contribution in [1.29, 1.82) is 0 Å². The maximum absolute atomic E-state index is 14.0. The fourth-order valence-electron chi connectivity index (χ4n) is 2.31. The van der Waals surface area contributed by atoms with Gasteiger partial charge in [0.25, 0.3) is 5.91 Å². The Labute approximate surface area is 133 Å². The van der Waals surface area contributed by atoms with E-state index in [1.165, 1.54) is 16.7 Å². The molecule has 0 fully saturated rings. The summed E-state index contributed by atoms with van der Waals surface area (Å²) < 4.78 is 43.4. The van der Waals surface area contributed by atoms with E-state index in [1.54, 1.807) is 19.1 Å². The molecule has 0 bridgehead atoms. The van der Waals surface area contributed by atoms with Crippen LogP contribution in [0, 0.1) is 17.5 Å². The number of halogens is 3. The molecule has 1 heterocycles. The second-order valence-corrected chi connectivity index (χ2v) is 5.74. The minimum absolute atomic E-state index is 0.195. The molecule has 0 aliphatic rings. The summed E-state index contributed by atoms with van der Waals surface area (Å²) >= 11 is 1.09.